The van der Waals surface area contributed by atoms with Crippen LogP contribution in [0.25, 0.3) is 0 Å². The molecule has 1 amide bonds. The highest BCUT2D eigenvalue weighted by Crippen LogP contribution is 2.33. The van der Waals surface area contributed by atoms with Gasteiger partial charge in [0.05, 0.1) is 6.04 Å². The highest BCUT2D eigenvalue weighted by molar-refractivity contribution is 7.45. The van der Waals surface area contributed by atoms with E-state index < -0.39 is 20.2 Å². The van der Waals surface area contributed by atoms with Gasteiger partial charge in [-0.15, -0.1) is 0 Å². The van der Waals surface area contributed by atoms with Crippen LogP contribution in [0, 0.1) is 5.92 Å². The van der Waals surface area contributed by atoms with Crippen LogP contribution < -0.4 is 11.1 Å². The molecule has 1 unspecified atom stereocenters. The molecule has 0 radical (unpaired) electrons. The Bertz CT molecular complexity index is 165. The molecule has 0 saturated heterocycles. The first-order valence-corrected chi connectivity index (χ1v) is 5.40. The zero-order valence-electron chi connectivity index (χ0n) is 8.06. The van der Waals surface area contributed by atoms with Gasteiger partial charge in [0.25, 0.3) is 0 Å². The lowest BCUT2D eigenvalue weighted by Crippen LogP contribution is -2.45. The third-order valence-corrected chi connectivity index (χ3v) is 2.81. The van der Waals surface area contributed by atoms with Crippen LogP contribution >= 0.6 is 8.38 Å². The normalized spacial score (nSPS) is 16.0. The van der Waals surface area contributed by atoms with Gasteiger partial charge in [-0.3, -0.25) is 4.79 Å². The van der Waals surface area contributed by atoms with Gasteiger partial charge < -0.3 is 20.8 Å². The number of nitrogens with one attached hydrogen (secondary N) is 1. The van der Waals surface area contributed by atoms with Crippen molar-refractivity contribution in [2.75, 3.05) is 0 Å². The highest BCUT2D eigenvalue weighted by atomic mass is 31.2. The summed E-state index contributed by atoms with van der Waals surface area (Å²) in [7, 11) is -2.15. The molecule has 5 nitrogen and oxygen atoms in total. The van der Waals surface area contributed by atoms with Crippen molar-refractivity contribution in [2.24, 2.45) is 11.7 Å². The molecule has 13 heavy (non-hydrogen) atoms. The van der Waals surface area contributed by atoms with Crippen LogP contribution in [-0.2, 0) is 4.79 Å². The summed E-state index contributed by atoms with van der Waals surface area (Å²) in [6, 6.07) is -0.629. The van der Waals surface area contributed by atoms with Gasteiger partial charge in [0.15, 0.2) is 8.38 Å². The van der Waals surface area contributed by atoms with Crippen LogP contribution in [0.1, 0.15) is 20.8 Å². The molecule has 6 heteroatoms. The lowest BCUT2D eigenvalue weighted by Gasteiger charge is -2.23. The molecule has 0 heterocycles. The summed E-state index contributed by atoms with van der Waals surface area (Å²) in [5, 5.41) is 2.48. The maximum atomic E-state index is 11.1. The van der Waals surface area contributed by atoms with Gasteiger partial charge in [-0.1, -0.05) is 13.8 Å². The molecule has 0 aliphatic rings. The Morgan fingerprint density at radius 1 is 1.38 bits per heavy atom. The van der Waals surface area contributed by atoms with E-state index in [1.54, 1.807) is 20.8 Å². The molecule has 2 atom stereocenters. The van der Waals surface area contributed by atoms with E-state index >= 15 is 0 Å². The molecular formula is C7H17N2O3P. The Kier molecular flexibility index (Phi) is 5.40. The molecule has 0 aromatic rings. The third kappa shape index (κ3) is 4.52. The van der Waals surface area contributed by atoms with Crippen LogP contribution in [0.2, 0.25) is 0 Å². The fourth-order valence-corrected chi connectivity index (χ4v) is 1.54. The molecule has 5 N–H and O–H groups in total. The topological polar surface area (TPSA) is 95.6 Å². The van der Waals surface area contributed by atoms with Crippen molar-refractivity contribution in [3.05, 3.63) is 0 Å². The first kappa shape index (κ1) is 12.8. The summed E-state index contributed by atoms with van der Waals surface area (Å²) in [6.07, 6.45) is 0. The van der Waals surface area contributed by atoms with Gasteiger partial charge in [0.2, 0.25) is 5.91 Å². The Balaban J connectivity index is 4.19. The second kappa shape index (κ2) is 5.50. The van der Waals surface area contributed by atoms with Crippen LogP contribution in [0.15, 0.2) is 0 Å². The minimum absolute atomic E-state index is 0.0242. The quantitative estimate of drug-likeness (QED) is 0.478. The van der Waals surface area contributed by atoms with Crippen molar-refractivity contribution in [2.45, 2.75) is 32.6 Å². The highest BCUT2D eigenvalue weighted by Gasteiger charge is 2.24. The average molecular weight is 208 g/mol. The maximum absolute atomic E-state index is 11.1. The number of carbonyl (C=O) groups is 1. The summed E-state index contributed by atoms with van der Waals surface area (Å²) < 4.78 is 0. The predicted molar refractivity (Wildman–Crippen MR) is 51.8 cm³/mol. The van der Waals surface area contributed by atoms with Gasteiger partial charge in [-0.05, 0) is 12.8 Å². The maximum Gasteiger partial charge on any atom is 0.237 e. The van der Waals surface area contributed by atoms with E-state index in [-0.39, 0.29) is 11.8 Å². The SMILES string of the molecule is CC(C)C(NC(=O)[C@H](C)N)P(O)O. The van der Waals surface area contributed by atoms with Crippen LogP contribution in [0.3, 0.4) is 0 Å². The van der Waals surface area contributed by atoms with E-state index in [9.17, 15) is 4.79 Å². The Hall–Kier alpha value is -0.220. The number of rotatable bonds is 4. The number of hydrogen-bond acceptors (Lipinski definition) is 4. The monoisotopic (exact) mass is 208 g/mol. The zero-order chi connectivity index (χ0) is 10.6. The summed E-state index contributed by atoms with van der Waals surface area (Å²) in [4.78, 5) is 29.1. The first-order valence-electron chi connectivity index (χ1n) is 4.09. The Labute approximate surface area is 79.2 Å². The van der Waals surface area contributed by atoms with Crippen molar-refractivity contribution in [1.29, 1.82) is 0 Å². The lowest BCUT2D eigenvalue weighted by molar-refractivity contribution is -0.122. The van der Waals surface area contributed by atoms with Gasteiger partial charge in [0.1, 0.15) is 5.78 Å². The fraction of sp³-hybridized carbons (Fsp3) is 0.857. The molecule has 0 spiro atoms. The van der Waals surface area contributed by atoms with Crippen LogP contribution in [0.5, 0.6) is 0 Å². The minimum Gasteiger partial charge on any atom is -0.349 e. The van der Waals surface area contributed by atoms with Crippen molar-refractivity contribution in [3.63, 3.8) is 0 Å². The van der Waals surface area contributed by atoms with Gasteiger partial charge in [-0.25, -0.2) is 0 Å². The predicted octanol–water partition coefficient (Wildman–Crippen LogP) is -0.272. The minimum atomic E-state index is -2.15. The number of carbonyl (C=O) groups excluding carboxylic acids is 1. The molecule has 0 rings (SSSR count). The van der Waals surface area contributed by atoms with Crippen molar-refractivity contribution in [1.82, 2.24) is 5.32 Å². The van der Waals surface area contributed by atoms with Gasteiger partial charge >= 0.3 is 0 Å². The van der Waals surface area contributed by atoms with Crippen molar-refractivity contribution >= 4 is 14.3 Å². The summed E-state index contributed by atoms with van der Waals surface area (Å²) >= 11 is 0. The second-order valence-electron chi connectivity index (χ2n) is 3.31. The number of amides is 1. The summed E-state index contributed by atoms with van der Waals surface area (Å²) in [5.74, 6) is -0.994. The third-order valence-electron chi connectivity index (χ3n) is 1.58. The molecule has 0 aliphatic heterocycles. The second-order valence-corrected chi connectivity index (χ2v) is 4.50. The largest absolute Gasteiger partial charge is 0.349 e. The molecule has 78 valence electrons. The number of hydrogen-bond donors (Lipinski definition) is 4. The molecule has 0 fully saturated rings. The average Bonchev–Trinajstić information content (AvgIpc) is 1.97. The molecule has 0 aromatic carbocycles. The molecule has 0 bridgehead atoms. The first-order chi connectivity index (χ1) is 5.86. The van der Waals surface area contributed by atoms with E-state index in [2.05, 4.69) is 5.32 Å². The van der Waals surface area contributed by atoms with Gasteiger partial charge in [0, 0.05) is 0 Å². The van der Waals surface area contributed by atoms with Crippen molar-refractivity contribution < 1.29 is 14.6 Å². The molecule has 0 saturated carbocycles. The lowest BCUT2D eigenvalue weighted by atomic mass is 10.2. The van der Waals surface area contributed by atoms with E-state index in [1.165, 1.54) is 0 Å². The van der Waals surface area contributed by atoms with Crippen molar-refractivity contribution in [3.8, 4) is 0 Å². The van der Waals surface area contributed by atoms with E-state index in [4.69, 9.17) is 15.5 Å². The van der Waals surface area contributed by atoms with Crippen LogP contribution in [-0.4, -0.2) is 27.5 Å². The van der Waals surface area contributed by atoms with Gasteiger partial charge in [-0.2, -0.15) is 0 Å². The van der Waals surface area contributed by atoms with E-state index in [0.29, 0.717) is 0 Å². The summed E-state index contributed by atoms with van der Waals surface area (Å²) in [5.41, 5.74) is 5.32. The van der Waals surface area contributed by atoms with Crippen LogP contribution in [0.4, 0.5) is 0 Å². The van der Waals surface area contributed by atoms with E-state index in [0.717, 1.165) is 0 Å². The zero-order valence-corrected chi connectivity index (χ0v) is 8.95. The smallest absolute Gasteiger partial charge is 0.237 e. The Morgan fingerprint density at radius 3 is 2.08 bits per heavy atom. The Morgan fingerprint density at radius 2 is 1.85 bits per heavy atom. The molecule has 0 aromatic heterocycles. The molecular weight excluding hydrogens is 191 g/mol. The summed E-state index contributed by atoms with van der Waals surface area (Å²) in [6.45, 7) is 5.14. The standard InChI is InChI=1S/C7H17N2O3P/c1-4(2)7(13(11)12)9-6(10)5(3)8/h4-5,7,11-12H,8H2,1-3H3,(H,9,10)/t5-,7?/m0/s1. The fourth-order valence-electron chi connectivity index (χ4n) is 0.768. The molecule has 0 aliphatic carbocycles. The van der Waals surface area contributed by atoms with E-state index in [1.807, 2.05) is 0 Å². The number of nitrogens with two attached hydrogens (primary N) is 1.